The number of nitrogens with two attached hydrogens (primary N) is 1. The van der Waals surface area contributed by atoms with Gasteiger partial charge in [-0.3, -0.25) is 4.79 Å². The summed E-state index contributed by atoms with van der Waals surface area (Å²) in [5.41, 5.74) is 7.98. The van der Waals surface area contributed by atoms with Crippen molar-refractivity contribution in [3.63, 3.8) is 0 Å². The van der Waals surface area contributed by atoms with Crippen LogP contribution in [0.25, 0.3) is 0 Å². The van der Waals surface area contributed by atoms with E-state index in [1.54, 1.807) is 6.07 Å². The first kappa shape index (κ1) is 15.5. The molecule has 2 rings (SSSR count). The number of nitrogens with one attached hydrogen (secondary N) is 1. The van der Waals surface area contributed by atoms with Gasteiger partial charge in [0.05, 0.1) is 12.1 Å². The minimum atomic E-state index is -0.561. The highest BCUT2D eigenvalue weighted by Gasteiger charge is 2.17. The molecule has 0 aromatic heterocycles. The average molecular weight is 303 g/mol. The van der Waals surface area contributed by atoms with Crippen LogP contribution in [0.5, 0.6) is 0 Å². The number of hydrogen-bond acceptors (Lipinski definition) is 2. The fourth-order valence-electron chi connectivity index (χ4n) is 2.14. The van der Waals surface area contributed by atoms with Gasteiger partial charge in [0.25, 0.3) is 0 Å². The smallest absolute Gasteiger partial charge is 0.237 e. The Kier molecular flexibility index (Phi) is 5.37. The zero-order valence-electron chi connectivity index (χ0n) is 11.9. The van der Waals surface area contributed by atoms with Crippen molar-refractivity contribution >= 4 is 17.5 Å². The summed E-state index contributed by atoms with van der Waals surface area (Å²) in [6.45, 7) is 1.92. The van der Waals surface area contributed by atoms with Crippen molar-refractivity contribution in [1.82, 2.24) is 5.32 Å². The zero-order chi connectivity index (χ0) is 15.2. The Morgan fingerprint density at radius 3 is 2.57 bits per heavy atom. The Morgan fingerprint density at radius 1 is 1.19 bits per heavy atom. The molecule has 0 aliphatic carbocycles. The van der Waals surface area contributed by atoms with Gasteiger partial charge in [0.15, 0.2) is 0 Å². The second-order valence-corrected chi connectivity index (χ2v) is 5.52. The maximum Gasteiger partial charge on any atom is 0.237 e. The molecule has 4 heteroatoms. The lowest BCUT2D eigenvalue weighted by Crippen LogP contribution is -2.42. The molecule has 2 atom stereocenters. The van der Waals surface area contributed by atoms with Crippen molar-refractivity contribution in [2.75, 3.05) is 0 Å². The quantitative estimate of drug-likeness (QED) is 0.892. The van der Waals surface area contributed by atoms with Crippen LogP contribution in [0.15, 0.2) is 54.6 Å². The molecule has 0 spiro atoms. The van der Waals surface area contributed by atoms with Gasteiger partial charge in [-0.2, -0.15) is 0 Å². The van der Waals surface area contributed by atoms with Gasteiger partial charge in [-0.15, -0.1) is 0 Å². The largest absolute Gasteiger partial charge is 0.348 e. The Balaban J connectivity index is 1.94. The van der Waals surface area contributed by atoms with E-state index in [4.69, 9.17) is 17.3 Å². The van der Waals surface area contributed by atoms with Crippen LogP contribution < -0.4 is 11.1 Å². The normalized spacial score (nSPS) is 13.5. The molecule has 3 N–H and O–H groups in total. The van der Waals surface area contributed by atoms with E-state index in [0.717, 1.165) is 11.1 Å². The van der Waals surface area contributed by atoms with Crippen molar-refractivity contribution in [1.29, 1.82) is 0 Å². The second-order valence-electron chi connectivity index (χ2n) is 5.08. The van der Waals surface area contributed by atoms with Crippen LogP contribution >= 0.6 is 11.6 Å². The van der Waals surface area contributed by atoms with E-state index >= 15 is 0 Å². The number of carbonyl (C=O) groups excluding carboxylic acids is 1. The number of rotatable bonds is 5. The maximum absolute atomic E-state index is 12.1. The molecule has 1 amide bonds. The molecule has 2 aromatic rings. The number of carbonyl (C=O) groups is 1. The van der Waals surface area contributed by atoms with E-state index in [-0.39, 0.29) is 11.9 Å². The summed E-state index contributed by atoms with van der Waals surface area (Å²) in [6.07, 6.45) is 0.523. The van der Waals surface area contributed by atoms with Crippen LogP contribution in [-0.2, 0) is 11.2 Å². The first-order valence-corrected chi connectivity index (χ1v) is 7.29. The molecule has 0 fully saturated rings. The van der Waals surface area contributed by atoms with Crippen molar-refractivity contribution < 1.29 is 4.79 Å². The first-order valence-electron chi connectivity index (χ1n) is 6.91. The molecular weight excluding hydrogens is 284 g/mol. The topological polar surface area (TPSA) is 55.1 Å². The Morgan fingerprint density at radius 2 is 1.90 bits per heavy atom. The predicted octanol–water partition coefficient (Wildman–Crippen LogP) is 3.09. The molecule has 0 radical (unpaired) electrons. The fraction of sp³-hybridized carbons (Fsp3) is 0.235. The Bertz CT molecular complexity index is 601. The molecule has 0 saturated carbocycles. The van der Waals surface area contributed by atoms with Crippen LogP contribution in [-0.4, -0.2) is 11.9 Å². The summed E-state index contributed by atoms with van der Waals surface area (Å²) in [5, 5.41) is 3.58. The lowest BCUT2D eigenvalue weighted by atomic mass is 10.0. The van der Waals surface area contributed by atoms with Crippen molar-refractivity contribution in [3.05, 3.63) is 70.7 Å². The van der Waals surface area contributed by atoms with Crippen LogP contribution in [0.1, 0.15) is 24.1 Å². The van der Waals surface area contributed by atoms with Gasteiger partial charge in [-0.25, -0.2) is 0 Å². The van der Waals surface area contributed by atoms with E-state index in [1.807, 2.05) is 55.5 Å². The highest BCUT2D eigenvalue weighted by atomic mass is 35.5. The standard InChI is InChI=1S/C17H19ClN2O/c1-12(14-8-5-9-15(18)11-14)20-17(21)16(19)10-13-6-3-2-4-7-13/h2-9,11-12,16H,10,19H2,1H3,(H,20,21)/t12-,16-/m1/s1. The molecule has 0 saturated heterocycles. The minimum Gasteiger partial charge on any atom is -0.348 e. The van der Waals surface area contributed by atoms with Gasteiger partial charge in [-0.05, 0) is 36.6 Å². The highest BCUT2D eigenvalue weighted by molar-refractivity contribution is 6.30. The summed E-state index contributed by atoms with van der Waals surface area (Å²) >= 11 is 5.96. The van der Waals surface area contributed by atoms with E-state index in [1.165, 1.54) is 0 Å². The van der Waals surface area contributed by atoms with Gasteiger partial charge >= 0.3 is 0 Å². The predicted molar refractivity (Wildman–Crippen MR) is 86.1 cm³/mol. The number of amides is 1. The average Bonchev–Trinajstić information content (AvgIpc) is 2.48. The first-order chi connectivity index (χ1) is 10.1. The third-order valence-corrected chi connectivity index (χ3v) is 3.58. The monoisotopic (exact) mass is 302 g/mol. The lowest BCUT2D eigenvalue weighted by Gasteiger charge is -2.18. The molecule has 0 aliphatic rings. The summed E-state index contributed by atoms with van der Waals surface area (Å²) in [5.74, 6) is -0.161. The number of benzene rings is 2. The van der Waals surface area contributed by atoms with E-state index in [2.05, 4.69) is 5.32 Å². The van der Waals surface area contributed by atoms with Crippen LogP contribution in [0.3, 0.4) is 0 Å². The van der Waals surface area contributed by atoms with Crippen molar-refractivity contribution in [2.45, 2.75) is 25.4 Å². The van der Waals surface area contributed by atoms with Gasteiger partial charge in [-0.1, -0.05) is 54.1 Å². The van der Waals surface area contributed by atoms with Gasteiger partial charge in [0.2, 0.25) is 5.91 Å². The molecule has 0 aliphatic heterocycles. The molecule has 0 unspecified atom stereocenters. The van der Waals surface area contributed by atoms with E-state index < -0.39 is 6.04 Å². The van der Waals surface area contributed by atoms with Crippen LogP contribution in [0, 0.1) is 0 Å². The molecular formula is C17H19ClN2O. The van der Waals surface area contributed by atoms with Gasteiger partial charge < -0.3 is 11.1 Å². The third kappa shape index (κ3) is 4.59. The molecule has 2 aromatic carbocycles. The minimum absolute atomic E-state index is 0.127. The summed E-state index contributed by atoms with van der Waals surface area (Å²) in [7, 11) is 0. The molecule has 0 heterocycles. The Labute approximate surface area is 130 Å². The molecule has 110 valence electrons. The number of halogens is 1. The van der Waals surface area contributed by atoms with E-state index in [0.29, 0.717) is 11.4 Å². The van der Waals surface area contributed by atoms with Gasteiger partial charge in [0.1, 0.15) is 0 Å². The maximum atomic E-state index is 12.1. The van der Waals surface area contributed by atoms with Crippen LogP contribution in [0.2, 0.25) is 5.02 Å². The van der Waals surface area contributed by atoms with Crippen LogP contribution in [0.4, 0.5) is 0 Å². The molecule has 3 nitrogen and oxygen atoms in total. The van der Waals surface area contributed by atoms with E-state index in [9.17, 15) is 4.79 Å². The SMILES string of the molecule is C[C@@H](NC(=O)[C@H](N)Cc1ccccc1)c1cccc(Cl)c1. The summed E-state index contributed by atoms with van der Waals surface area (Å²) in [6, 6.07) is 16.5. The third-order valence-electron chi connectivity index (χ3n) is 3.34. The summed E-state index contributed by atoms with van der Waals surface area (Å²) in [4.78, 5) is 12.1. The zero-order valence-corrected chi connectivity index (χ0v) is 12.7. The molecule has 0 bridgehead atoms. The van der Waals surface area contributed by atoms with Crippen molar-refractivity contribution in [3.8, 4) is 0 Å². The Hall–Kier alpha value is -1.84. The number of hydrogen-bond donors (Lipinski definition) is 2. The van der Waals surface area contributed by atoms with Crippen molar-refractivity contribution in [2.24, 2.45) is 5.73 Å². The second kappa shape index (κ2) is 7.25. The summed E-state index contributed by atoms with van der Waals surface area (Å²) < 4.78 is 0. The molecule has 21 heavy (non-hydrogen) atoms. The van der Waals surface area contributed by atoms with Gasteiger partial charge in [0, 0.05) is 5.02 Å². The lowest BCUT2D eigenvalue weighted by molar-refractivity contribution is -0.123. The fourth-order valence-corrected chi connectivity index (χ4v) is 2.34. The highest BCUT2D eigenvalue weighted by Crippen LogP contribution is 2.17.